The van der Waals surface area contributed by atoms with Crippen molar-refractivity contribution < 1.29 is 9.53 Å². The molecule has 0 aromatic heterocycles. The maximum Gasteiger partial charge on any atom is 0.259 e. The van der Waals surface area contributed by atoms with E-state index in [2.05, 4.69) is 15.8 Å². The fourth-order valence-corrected chi connectivity index (χ4v) is 2.23. The van der Waals surface area contributed by atoms with E-state index in [1.807, 2.05) is 56.3 Å². The number of ether oxygens (including phenoxy) is 1. The number of hydrogen-bond acceptors (Lipinski definition) is 4. The standard InChI is InChI=1S/C18H20ClN3O2/c1-12-16(19)5-4-6-17(12)20-11-18(23)22-21-13(2)14-7-9-15(24-3)10-8-14/h4-10,20H,11H2,1-3H3,(H,22,23)/b21-13+. The number of carbonyl (C=O) groups is 1. The first kappa shape index (κ1) is 17.8. The molecule has 0 fully saturated rings. The van der Waals surface area contributed by atoms with Crippen molar-refractivity contribution in [1.82, 2.24) is 5.43 Å². The molecule has 1 amide bonds. The Hall–Kier alpha value is -2.53. The number of rotatable bonds is 6. The molecule has 6 heteroatoms. The second-order valence-electron chi connectivity index (χ2n) is 5.23. The normalized spacial score (nSPS) is 11.1. The number of hydrazone groups is 1. The lowest BCUT2D eigenvalue weighted by molar-refractivity contribution is -0.119. The molecule has 126 valence electrons. The Bertz CT molecular complexity index is 742. The molecule has 0 saturated heterocycles. The van der Waals surface area contributed by atoms with Gasteiger partial charge in [0.2, 0.25) is 0 Å². The molecule has 0 saturated carbocycles. The van der Waals surface area contributed by atoms with E-state index in [-0.39, 0.29) is 12.5 Å². The van der Waals surface area contributed by atoms with Crippen LogP contribution in [0.25, 0.3) is 0 Å². The van der Waals surface area contributed by atoms with E-state index in [4.69, 9.17) is 16.3 Å². The van der Waals surface area contributed by atoms with Gasteiger partial charge < -0.3 is 10.1 Å². The molecule has 0 atom stereocenters. The number of nitrogens with zero attached hydrogens (tertiary/aromatic N) is 1. The van der Waals surface area contributed by atoms with Crippen molar-refractivity contribution in [3.63, 3.8) is 0 Å². The Balaban J connectivity index is 1.90. The number of benzene rings is 2. The van der Waals surface area contributed by atoms with Crippen LogP contribution in [0.5, 0.6) is 5.75 Å². The highest BCUT2D eigenvalue weighted by Gasteiger charge is 2.05. The summed E-state index contributed by atoms with van der Waals surface area (Å²) < 4.78 is 5.11. The molecular formula is C18H20ClN3O2. The summed E-state index contributed by atoms with van der Waals surface area (Å²) >= 11 is 6.05. The van der Waals surface area contributed by atoms with E-state index in [1.165, 1.54) is 0 Å². The van der Waals surface area contributed by atoms with Gasteiger partial charge in [-0.1, -0.05) is 17.7 Å². The van der Waals surface area contributed by atoms with E-state index in [0.29, 0.717) is 10.7 Å². The summed E-state index contributed by atoms with van der Waals surface area (Å²) in [5.74, 6) is 0.541. The van der Waals surface area contributed by atoms with Gasteiger partial charge in [-0.05, 0) is 61.4 Å². The van der Waals surface area contributed by atoms with Gasteiger partial charge in [-0.2, -0.15) is 5.10 Å². The van der Waals surface area contributed by atoms with Gasteiger partial charge in [0, 0.05) is 10.7 Å². The van der Waals surface area contributed by atoms with Gasteiger partial charge in [0.1, 0.15) is 5.75 Å². The Morgan fingerprint density at radius 2 is 1.92 bits per heavy atom. The van der Waals surface area contributed by atoms with Crippen molar-refractivity contribution >= 4 is 28.9 Å². The number of methoxy groups -OCH3 is 1. The van der Waals surface area contributed by atoms with Crippen molar-refractivity contribution in [2.24, 2.45) is 5.10 Å². The minimum atomic E-state index is -0.234. The maximum absolute atomic E-state index is 11.9. The first-order chi connectivity index (χ1) is 11.5. The number of nitrogens with one attached hydrogen (secondary N) is 2. The van der Waals surface area contributed by atoms with E-state index in [9.17, 15) is 4.79 Å². The summed E-state index contributed by atoms with van der Waals surface area (Å²) in [7, 11) is 1.62. The molecule has 0 aliphatic rings. The summed E-state index contributed by atoms with van der Waals surface area (Å²) in [6, 6.07) is 13.0. The van der Waals surface area contributed by atoms with E-state index < -0.39 is 0 Å². The van der Waals surface area contributed by atoms with Gasteiger partial charge in [-0.3, -0.25) is 4.79 Å². The summed E-state index contributed by atoms with van der Waals surface area (Å²) in [4.78, 5) is 11.9. The quantitative estimate of drug-likeness (QED) is 0.621. The summed E-state index contributed by atoms with van der Waals surface area (Å²) in [5, 5.41) is 7.82. The second kappa shape index (κ2) is 8.36. The highest BCUT2D eigenvalue weighted by molar-refractivity contribution is 6.31. The van der Waals surface area contributed by atoms with Crippen LogP contribution in [-0.2, 0) is 4.79 Å². The molecule has 0 radical (unpaired) electrons. The fraction of sp³-hybridized carbons (Fsp3) is 0.222. The number of halogens is 1. The molecule has 0 bridgehead atoms. The van der Waals surface area contributed by atoms with Crippen LogP contribution in [-0.4, -0.2) is 25.3 Å². The predicted octanol–water partition coefficient (Wildman–Crippen LogP) is 3.61. The maximum atomic E-state index is 11.9. The third-order valence-electron chi connectivity index (χ3n) is 3.56. The van der Waals surface area contributed by atoms with Gasteiger partial charge in [0.25, 0.3) is 5.91 Å². The summed E-state index contributed by atoms with van der Waals surface area (Å²) in [5.41, 5.74) is 5.90. The van der Waals surface area contributed by atoms with Gasteiger partial charge in [-0.25, -0.2) is 5.43 Å². The molecule has 0 aliphatic carbocycles. The average molecular weight is 346 g/mol. The number of anilines is 1. The van der Waals surface area contributed by atoms with Crippen molar-refractivity contribution in [2.75, 3.05) is 19.0 Å². The molecule has 2 N–H and O–H groups in total. The highest BCUT2D eigenvalue weighted by Crippen LogP contribution is 2.22. The zero-order valence-electron chi connectivity index (χ0n) is 13.9. The van der Waals surface area contributed by atoms with Crippen LogP contribution in [0, 0.1) is 6.92 Å². The number of amides is 1. The lowest BCUT2D eigenvalue weighted by Gasteiger charge is -2.10. The summed E-state index contributed by atoms with van der Waals surface area (Å²) in [6.07, 6.45) is 0. The van der Waals surface area contributed by atoms with Crippen molar-refractivity contribution in [1.29, 1.82) is 0 Å². The Labute approximate surface area is 146 Å². The van der Waals surface area contributed by atoms with Gasteiger partial charge in [0.15, 0.2) is 0 Å². The largest absolute Gasteiger partial charge is 0.497 e. The average Bonchev–Trinajstić information content (AvgIpc) is 2.61. The molecular weight excluding hydrogens is 326 g/mol. The van der Waals surface area contributed by atoms with Crippen molar-refractivity contribution in [2.45, 2.75) is 13.8 Å². The minimum absolute atomic E-state index is 0.112. The SMILES string of the molecule is COc1ccc(/C(C)=N/NC(=O)CNc2cccc(Cl)c2C)cc1. The molecule has 2 aromatic carbocycles. The zero-order chi connectivity index (χ0) is 17.5. The third kappa shape index (κ3) is 4.73. The van der Waals surface area contributed by atoms with Crippen LogP contribution in [0.1, 0.15) is 18.1 Å². The van der Waals surface area contributed by atoms with Crippen molar-refractivity contribution in [3.05, 3.63) is 58.6 Å². The smallest absolute Gasteiger partial charge is 0.259 e. The first-order valence-electron chi connectivity index (χ1n) is 7.48. The van der Waals surface area contributed by atoms with Crippen LogP contribution in [0.15, 0.2) is 47.6 Å². The van der Waals surface area contributed by atoms with E-state index >= 15 is 0 Å². The molecule has 2 rings (SSSR count). The zero-order valence-corrected chi connectivity index (χ0v) is 14.6. The monoisotopic (exact) mass is 345 g/mol. The lowest BCUT2D eigenvalue weighted by atomic mass is 10.1. The minimum Gasteiger partial charge on any atom is -0.497 e. The molecule has 24 heavy (non-hydrogen) atoms. The number of carbonyl (C=O) groups excluding carboxylic acids is 1. The van der Waals surface area contributed by atoms with Gasteiger partial charge in [-0.15, -0.1) is 0 Å². The molecule has 5 nitrogen and oxygen atoms in total. The lowest BCUT2D eigenvalue weighted by Crippen LogP contribution is -2.27. The van der Waals surface area contributed by atoms with Crippen LogP contribution >= 0.6 is 11.6 Å². The van der Waals surface area contributed by atoms with Crippen LogP contribution in [0.4, 0.5) is 5.69 Å². The molecule has 0 aliphatic heterocycles. The van der Waals surface area contributed by atoms with Crippen LogP contribution in [0.3, 0.4) is 0 Å². The molecule has 0 spiro atoms. The highest BCUT2D eigenvalue weighted by atomic mass is 35.5. The van der Waals surface area contributed by atoms with Gasteiger partial charge >= 0.3 is 0 Å². The fourth-order valence-electron chi connectivity index (χ4n) is 2.06. The summed E-state index contributed by atoms with van der Waals surface area (Å²) in [6.45, 7) is 3.84. The van der Waals surface area contributed by atoms with Crippen molar-refractivity contribution in [3.8, 4) is 5.75 Å². The number of hydrogen-bond donors (Lipinski definition) is 2. The second-order valence-corrected chi connectivity index (χ2v) is 5.63. The van der Waals surface area contributed by atoms with Crippen LogP contribution in [0.2, 0.25) is 5.02 Å². The first-order valence-corrected chi connectivity index (χ1v) is 7.85. The Morgan fingerprint density at radius 3 is 2.58 bits per heavy atom. The van der Waals surface area contributed by atoms with E-state index in [0.717, 1.165) is 22.6 Å². The molecule has 2 aromatic rings. The van der Waals surface area contributed by atoms with Gasteiger partial charge in [0.05, 0.1) is 19.4 Å². The Morgan fingerprint density at radius 1 is 1.21 bits per heavy atom. The predicted molar refractivity (Wildman–Crippen MR) is 98.0 cm³/mol. The Kier molecular flexibility index (Phi) is 6.21. The molecule has 0 heterocycles. The third-order valence-corrected chi connectivity index (χ3v) is 3.97. The molecule has 0 unspecified atom stereocenters. The van der Waals surface area contributed by atoms with Crippen LogP contribution < -0.4 is 15.5 Å². The van der Waals surface area contributed by atoms with E-state index in [1.54, 1.807) is 7.11 Å². The topological polar surface area (TPSA) is 62.7 Å².